The highest BCUT2D eigenvalue weighted by molar-refractivity contribution is 4.98. The van der Waals surface area contributed by atoms with Crippen molar-refractivity contribution in [1.82, 2.24) is 5.32 Å². The smallest absolute Gasteiger partial charge is 0.164 e. The van der Waals surface area contributed by atoms with Crippen molar-refractivity contribution in [3.63, 3.8) is 0 Å². The number of allylic oxidation sites excluding steroid dienone is 1. The second kappa shape index (κ2) is 2.92. The van der Waals surface area contributed by atoms with Crippen molar-refractivity contribution in [3.8, 4) is 0 Å². The van der Waals surface area contributed by atoms with Crippen LogP contribution in [-0.4, -0.2) is 12.8 Å². The van der Waals surface area contributed by atoms with Crippen LogP contribution in [0.2, 0.25) is 0 Å². The Labute approximate surface area is 61.2 Å². The fourth-order valence-corrected chi connectivity index (χ4v) is 0.829. The van der Waals surface area contributed by atoms with Gasteiger partial charge in [-0.3, -0.25) is 5.73 Å². The predicted octanol–water partition coefficient (Wildman–Crippen LogP) is 0.388. The highest BCUT2D eigenvalue weighted by Crippen LogP contribution is 2.13. The van der Waals surface area contributed by atoms with Crippen LogP contribution in [-0.2, 0) is 4.74 Å². The molecule has 3 heteroatoms. The first-order valence-corrected chi connectivity index (χ1v) is 3.56. The van der Waals surface area contributed by atoms with Crippen molar-refractivity contribution >= 4 is 0 Å². The van der Waals surface area contributed by atoms with Crippen LogP contribution >= 0.6 is 0 Å². The standard InChI is InChI=1S/C7H14N2O/c1-5(2)6-3-9-4-7(8)10-6/h3,5,7,9H,4,8H2,1-2H3. The van der Waals surface area contributed by atoms with Crippen molar-refractivity contribution in [2.45, 2.75) is 20.1 Å². The summed E-state index contributed by atoms with van der Waals surface area (Å²) >= 11 is 0. The van der Waals surface area contributed by atoms with Crippen LogP contribution in [0.25, 0.3) is 0 Å². The SMILES string of the molecule is CC(C)C1=CNCC(N)O1. The van der Waals surface area contributed by atoms with Crippen LogP contribution in [0.3, 0.4) is 0 Å². The minimum Gasteiger partial charge on any atom is -0.476 e. The molecule has 1 atom stereocenters. The van der Waals surface area contributed by atoms with E-state index < -0.39 is 0 Å². The summed E-state index contributed by atoms with van der Waals surface area (Å²) in [6, 6.07) is 0. The monoisotopic (exact) mass is 142 g/mol. The second-order valence-corrected chi connectivity index (χ2v) is 2.77. The molecule has 1 aliphatic heterocycles. The molecule has 0 aromatic carbocycles. The third-order valence-corrected chi connectivity index (χ3v) is 1.42. The van der Waals surface area contributed by atoms with Crippen LogP contribution in [0, 0.1) is 5.92 Å². The third kappa shape index (κ3) is 1.64. The van der Waals surface area contributed by atoms with Gasteiger partial charge in [0.05, 0.1) is 6.54 Å². The Bertz CT molecular complexity index is 143. The maximum atomic E-state index is 5.54. The molecule has 58 valence electrons. The van der Waals surface area contributed by atoms with E-state index in [0.717, 1.165) is 5.76 Å². The highest BCUT2D eigenvalue weighted by atomic mass is 16.5. The molecule has 0 saturated carbocycles. The van der Waals surface area contributed by atoms with E-state index in [1.807, 2.05) is 6.20 Å². The summed E-state index contributed by atoms with van der Waals surface area (Å²) in [6.45, 7) is 4.85. The van der Waals surface area contributed by atoms with Gasteiger partial charge in [0.15, 0.2) is 6.23 Å². The Morgan fingerprint density at radius 1 is 1.80 bits per heavy atom. The van der Waals surface area contributed by atoms with Gasteiger partial charge in [-0.15, -0.1) is 0 Å². The van der Waals surface area contributed by atoms with Gasteiger partial charge in [0, 0.05) is 12.1 Å². The number of rotatable bonds is 1. The van der Waals surface area contributed by atoms with Crippen LogP contribution in [0.1, 0.15) is 13.8 Å². The molecule has 0 saturated heterocycles. The lowest BCUT2D eigenvalue weighted by Gasteiger charge is -2.24. The third-order valence-electron chi connectivity index (χ3n) is 1.42. The van der Waals surface area contributed by atoms with Crippen molar-refractivity contribution in [2.24, 2.45) is 11.7 Å². The number of ether oxygens (including phenoxy) is 1. The normalized spacial score (nSPS) is 25.2. The zero-order chi connectivity index (χ0) is 7.56. The minimum atomic E-state index is -0.178. The van der Waals surface area contributed by atoms with E-state index in [-0.39, 0.29) is 6.23 Å². The van der Waals surface area contributed by atoms with E-state index >= 15 is 0 Å². The van der Waals surface area contributed by atoms with Crippen molar-refractivity contribution in [1.29, 1.82) is 0 Å². The van der Waals surface area contributed by atoms with Crippen LogP contribution < -0.4 is 11.1 Å². The lowest BCUT2D eigenvalue weighted by atomic mass is 10.2. The van der Waals surface area contributed by atoms with E-state index in [9.17, 15) is 0 Å². The molecule has 0 aromatic heterocycles. The lowest BCUT2D eigenvalue weighted by Crippen LogP contribution is -2.38. The molecule has 0 fully saturated rings. The number of nitrogens with one attached hydrogen (secondary N) is 1. The lowest BCUT2D eigenvalue weighted by molar-refractivity contribution is 0.0891. The van der Waals surface area contributed by atoms with Crippen molar-refractivity contribution in [3.05, 3.63) is 12.0 Å². The van der Waals surface area contributed by atoms with Crippen LogP contribution in [0.4, 0.5) is 0 Å². The summed E-state index contributed by atoms with van der Waals surface area (Å²) in [5.74, 6) is 1.36. The summed E-state index contributed by atoms with van der Waals surface area (Å²) < 4.78 is 5.32. The van der Waals surface area contributed by atoms with Gasteiger partial charge in [0.2, 0.25) is 0 Å². The van der Waals surface area contributed by atoms with Gasteiger partial charge in [-0.25, -0.2) is 0 Å². The van der Waals surface area contributed by atoms with Crippen LogP contribution in [0.5, 0.6) is 0 Å². The van der Waals surface area contributed by atoms with Gasteiger partial charge >= 0.3 is 0 Å². The van der Waals surface area contributed by atoms with Gasteiger partial charge in [0.25, 0.3) is 0 Å². The Balaban J connectivity index is 2.51. The molecule has 0 aliphatic carbocycles. The first-order valence-electron chi connectivity index (χ1n) is 3.56. The molecule has 3 nitrogen and oxygen atoms in total. The molecule has 1 unspecified atom stereocenters. The molecule has 0 aromatic rings. The molecule has 1 heterocycles. The van der Waals surface area contributed by atoms with Gasteiger partial charge < -0.3 is 10.1 Å². The number of nitrogens with two attached hydrogens (primary N) is 1. The van der Waals surface area contributed by atoms with Gasteiger partial charge in [0.1, 0.15) is 5.76 Å². The molecule has 1 aliphatic rings. The van der Waals surface area contributed by atoms with E-state index in [1.165, 1.54) is 0 Å². The minimum absolute atomic E-state index is 0.178. The molecule has 0 spiro atoms. The molecular formula is C7H14N2O. The van der Waals surface area contributed by atoms with Gasteiger partial charge in [-0.05, 0) is 0 Å². The van der Waals surface area contributed by atoms with Crippen molar-refractivity contribution in [2.75, 3.05) is 6.54 Å². The van der Waals surface area contributed by atoms with Gasteiger partial charge in [-0.2, -0.15) is 0 Å². The van der Waals surface area contributed by atoms with E-state index in [0.29, 0.717) is 12.5 Å². The molecular weight excluding hydrogens is 128 g/mol. The second-order valence-electron chi connectivity index (χ2n) is 2.77. The summed E-state index contributed by atoms with van der Waals surface area (Å²) in [5.41, 5.74) is 5.54. The molecule has 0 bridgehead atoms. The Morgan fingerprint density at radius 2 is 2.50 bits per heavy atom. The van der Waals surface area contributed by atoms with E-state index in [1.54, 1.807) is 0 Å². The number of hydrogen-bond acceptors (Lipinski definition) is 3. The quantitative estimate of drug-likeness (QED) is 0.556. The Morgan fingerprint density at radius 3 is 2.90 bits per heavy atom. The van der Waals surface area contributed by atoms with E-state index in [2.05, 4.69) is 19.2 Å². The van der Waals surface area contributed by atoms with Crippen molar-refractivity contribution < 1.29 is 4.74 Å². The summed E-state index contributed by atoms with van der Waals surface area (Å²) in [5, 5.41) is 3.05. The molecule has 0 radical (unpaired) electrons. The zero-order valence-electron chi connectivity index (χ0n) is 6.42. The van der Waals surface area contributed by atoms with Gasteiger partial charge in [-0.1, -0.05) is 13.8 Å². The average Bonchev–Trinajstić information content (AvgIpc) is 1.88. The first-order chi connectivity index (χ1) is 4.70. The summed E-state index contributed by atoms with van der Waals surface area (Å²) in [6.07, 6.45) is 1.70. The molecule has 10 heavy (non-hydrogen) atoms. The Hall–Kier alpha value is -0.700. The first kappa shape index (κ1) is 7.41. The molecule has 1 rings (SSSR count). The maximum absolute atomic E-state index is 5.54. The fourth-order valence-electron chi connectivity index (χ4n) is 0.829. The van der Waals surface area contributed by atoms with Crippen LogP contribution in [0.15, 0.2) is 12.0 Å². The largest absolute Gasteiger partial charge is 0.476 e. The number of hydrogen-bond donors (Lipinski definition) is 2. The average molecular weight is 142 g/mol. The maximum Gasteiger partial charge on any atom is 0.164 e. The highest BCUT2D eigenvalue weighted by Gasteiger charge is 2.13. The molecule has 0 amide bonds. The van der Waals surface area contributed by atoms with E-state index in [4.69, 9.17) is 10.5 Å². The fraction of sp³-hybridized carbons (Fsp3) is 0.714. The summed E-state index contributed by atoms with van der Waals surface area (Å²) in [4.78, 5) is 0. The topological polar surface area (TPSA) is 47.3 Å². The Kier molecular flexibility index (Phi) is 2.17. The predicted molar refractivity (Wildman–Crippen MR) is 40.0 cm³/mol. The molecule has 3 N–H and O–H groups in total. The summed E-state index contributed by atoms with van der Waals surface area (Å²) in [7, 11) is 0. The zero-order valence-corrected chi connectivity index (χ0v) is 6.42.